The molecule has 1 aromatic heterocycles. The zero-order chi connectivity index (χ0) is 14.1. The van der Waals surface area contributed by atoms with Crippen molar-refractivity contribution in [1.82, 2.24) is 15.5 Å². The van der Waals surface area contributed by atoms with E-state index in [1.807, 2.05) is 26.0 Å². The van der Waals surface area contributed by atoms with E-state index in [-0.39, 0.29) is 0 Å². The third-order valence-corrected chi connectivity index (χ3v) is 3.62. The second-order valence-electron chi connectivity index (χ2n) is 5.54. The Kier molecular flexibility index (Phi) is 3.44. The Morgan fingerprint density at radius 3 is 2.65 bits per heavy atom. The second-order valence-corrected chi connectivity index (χ2v) is 5.54. The van der Waals surface area contributed by atoms with Crippen LogP contribution in [0.4, 0.5) is 0 Å². The van der Waals surface area contributed by atoms with Gasteiger partial charge < -0.3 is 14.9 Å². The van der Waals surface area contributed by atoms with Gasteiger partial charge in [0.05, 0.1) is 6.54 Å². The van der Waals surface area contributed by atoms with Crippen molar-refractivity contribution < 1.29 is 9.63 Å². The maximum absolute atomic E-state index is 9.78. The summed E-state index contributed by atoms with van der Waals surface area (Å²) in [5.41, 5.74) is 2.51. The van der Waals surface area contributed by atoms with Gasteiger partial charge in [-0.05, 0) is 62.4 Å². The summed E-state index contributed by atoms with van der Waals surface area (Å²) in [6, 6.07) is 3.74. The van der Waals surface area contributed by atoms with E-state index >= 15 is 0 Å². The van der Waals surface area contributed by atoms with Gasteiger partial charge in [-0.25, -0.2) is 0 Å². The molecule has 0 bridgehead atoms. The Hall–Kier alpha value is -1.88. The van der Waals surface area contributed by atoms with Gasteiger partial charge in [0.2, 0.25) is 11.7 Å². The first-order chi connectivity index (χ1) is 9.63. The molecular formula is C15H19N3O2. The van der Waals surface area contributed by atoms with Crippen LogP contribution < -0.4 is 5.32 Å². The Balaban J connectivity index is 1.71. The molecule has 1 aliphatic carbocycles. The average molecular weight is 273 g/mol. The summed E-state index contributed by atoms with van der Waals surface area (Å²) in [5.74, 6) is 2.33. The number of rotatable bonds is 5. The molecule has 3 rings (SSSR count). The van der Waals surface area contributed by atoms with E-state index in [1.165, 1.54) is 12.8 Å². The van der Waals surface area contributed by atoms with Crippen molar-refractivity contribution in [2.45, 2.75) is 33.2 Å². The maximum atomic E-state index is 9.78. The number of nitrogens with zero attached hydrogens (tertiary/aromatic N) is 2. The third kappa shape index (κ3) is 2.82. The monoisotopic (exact) mass is 273 g/mol. The Bertz CT molecular complexity index is 594. The van der Waals surface area contributed by atoms with Gasteiger partial charge in [-0.3, -0.25) is 0 Å². The number of phenols is 1. The van der Waals surface area contributed by atoms with Crippen LogP contribution >= 0.6 is 0 Å². The van der Waals surface area contributed by atoms with Crippen LogP contribution in [-0.4, -0.2) is 21.8 Å². The Morgan fingerprint density at radius 2 is 2.00 bits per heavy atom. The molecule has 0 saturated heterocycles. The lowest BCUT2D eigenvalue weighted by Crippen LogP contribution is -2.16. The lowest BCUT2D eigenvalue weighted by molar-refractivity contribution is 0.367. The van der Waals surface area contributed by atoms with Crippen molar-refractivity contribution in [3.05, 3.63) is 29.2 Å². The molecule has 1 heterocycles. The molecule has 1 aliphatic rings. The van der Waals surface area contributed by atoms with Crippen molar-refractivity contribution in [2.75, 3.05) is 6.54 Å². The quantitative estimate of drug-likeness (QED) is 0.876. The van der Waals surface area contributed by atoms with Crippen LogP contribution in [0.2, 0.25) is 0 Å². The maximum Gasteiger partial charge on any atom is 0.240 e. The van der Waals surface area contributed by atoms with Crippen molar-refractivity contribution in [1.29, 1.82) is 0 Å². The van der Waals surface area contributed by atoms with Crippen LogP contribution in [0, 0.1) is 19.8 Å². The molecule has 0 unspecified atom stereocenters. The number of phenolic OH excluding ortho intramolecular Hbond substituents is 1. The minimum Gasteiger partial charge on any atom is -0.507 e. The van der Waals surface area contributed by atoms with Gasteiger partial charge >= 0.3 is 0 Å². The molecular weight excluding hydrogens is 254 g/mol. The summed E-state index contributed by atoms with van der Waals surface area (Å²) in [5, 5.41) is 17.1. The fraction of sp³-hybridized carbons (Fsp3) is 0.467. The molecule has 20 heavy (non-hydrogen) atoms. The van der Waals surface area contributed by atoms with Crippen LogP contribution in [0.15, 0.2) is 16.7 Å². The summed E-state index contributed by atoms with van der Waals surface area (Å²) < 4.78 is 5.25. The van der Waals surface area contributed by atoms with Crippen LogP contribution in [0.5, 0.6) is 5.75 Å². The van der Waals surface area contributed by atoms with Gasteiger partial charge in [0, 0.05) is 5.56 Å². The van der Waals surface area contributed by atoms with Crippen LogP contribution in [0.3, 0.4) is 0 Å². The number of aromatic hydroxyl groups is 1. The van der Waals surface area contributed by atoms with Gasteiger partial charge in [-0.15, -0.1) is 0 Å². The van der Waals surface area contributed by atoms with Crippen molar-refractivity contribution in [3.8, 4) is 17.1 Å². The van der Waals surface area contributed by atoms with E-state index in [2.05, 4.69) is 15.5 Å². The lowest BCUT2D eigenvalue weighted by Gasteiger charge is -2.04. The summed E-state index contributed by atoms with van der Waals surface area (Å²) >= 11 is 0. The zero-order valence-electron chi connectivity index (χ0n) is 11.8. The van der Waals surface area contributed by atoms with Crippen molar-refractivity contribution in [3.63, 3.8) is 0 Å². The smallest absolute Gasteiger partial charge is 0.240 e. The highest BCUT2D eigenvalue weighted by atomic mass is 16.5. The van der Waals surface area contributed by atoms with E-state index in [4.69, 9.17) is 4.52 Å². The minimum atomic E-state index is 0.323. The Morgan fingerprint density at radius 1 is 1.30 bits per heavy atom. The molecule has 0 amide bonds. The van der Waals surface area contributed by atoms with E-state index in [0.29, 0.717) is 24.0 Å². The molecule has 2 aromatic rings. The highest BCUT2D eigenvalue weighted by Crippen LogP contribution is 2.28. The van der Waals surface area contributed by atoms with Gasteiger partial charge in [-0.2, -0.15) is 4.98 Å². The van der Waals surface area contributed by atoms with Gasteiger partial charge in [0.25, 0.3) is 0 Å². The first kappa shape index (κ1) is 13.1. The van der Waals surface area contributed by atoms with Crippen LogP contribution in [0.1, 0.15) is 29.9 Å². The number of hydrogen-bond acceptors (Lipinski definition) is 5. The number of hydrogen-bond donors (Lipinski definition) is 2. The molecule has 0 aliphatic heterocycles. The van der Waals surface area contributed by atoms with Crippen molar-refractivity contribution in [2.24, 2.45) is 5.92 Å². The van der Waals surface area contributed by atoms with E-state index in [0.717, 1.165) is 29.2 Å². The van der Waals surface area contributed by atoms with Crippen LogP contribution in [0.25, 0.3) is 11.4 Å². The molecule has 0 atom stereocenters. The predicted molar refractivity (Wildman–Crippen MR) is 75.3 cm³/mol. The van der Waals surface area contributed by atoms with E-state index in [9.17, 15) is 5.11 Å². The van der Waals surface area contributed by atoms with E-state index in [1.54, 1.807) is 0 Å². The van der Waals surface area contributed by atoms with Gasteiger partial charge in [-0.1, -0.05) is 5.16 Å². The molecule has 106 valence electrons. The normalized spacial score (nSPS) is 14.7. The largest absolute Gasteiger partial charge is 0.507 e. The first-order valence-corrected chi connectivity index (χ1v) is 6.97. The molecule has 1 fully saturated rings. The van der Waals surface area contributed by atoms with Crippen molar-refractivity contribution >= 4 is 0 Å². The summed E-state index contributed by atoms with van der Waals surface area (Å²) in [4.78, 5) is 4.39. The Labute approximate surface area is 118 Å². The predicted octanol–water partition coefficient (Wildman–Crippen LogP) is 2.56. The lowest BCUT2D eigenvalue weighted by atomic mass is 10.1. The molecule has 1 aromatic carbocycles. The molecule has 5 nitrogen and oxygen atoms in total. The summed E-state index contributed by atoms with van der Waals surface area (Å²) in [6.07, 6.45) is 2.66. The second kappa shape index (κ2) is 5.25. The fourth-order valence-electron chi connectivity index (χ4n) is 2.23. The standard InChI is InChI=1S/C15H19N3O2/c1-9-5-12(6-10(2)14(9)19)15-17-13(20-18-15)8-16-7-11-3-4-11/h5-6,11,16,19H,3-4,7-8H2,1-2H3. The zero-order valence-corrected chi connectivity index (χ0v) is 11.8. The van der Waals surface area contributed by atoms with Crippen LogP contribution in [-0.2, 0) is 6.54 Å². The van der Waals surface area contributed by atoms with Gasteiger partial charge in [0.15, 0.2) is 0 Å². The number of aryl methyl sites for hydroxylation is 2. The number of aromatic nitrogens is 2. The first-order valence-electron chi connectivity index (χ1n) is 6.97. The molecule has 2 N–H and O–H groups in total. The summed E-state index contributed by atoms with van der Waals surface area (Å²) in [7, 11) is 0. The minimum absolute atomic E-state index is 0.323. The molecule has 1 saturated carbocycles. The summed E-state index contributed by atoms with van der Waals surface area (Å²) in [6.45, 7) is 5.36. The topological polar surface area (TPSA) is 71.2 Å². The molecule has 0 radical (unpaired) electrons. The average Bonchev–Trinajstić information content (AvgIpc) is 3.12. The van der Waals surface area contributed by atoms with Gasteiger partial charge in [0.1, 0.15) is 5.75 Å². The molecule has 0 spiro atoms. The SMILES string of the molecule is Cc1cc(-c2noc(CNCC3CC3)n2)cc(C)c1O. The van der Waals surface area contributed by atoms with E-state index < -0.39 is 0 Å². The fourth-order valence-corrected chi connectivity index (χ4v) is 2.23. The number of benzene rings is 1. The molecule has 5 heteroatoms. The third-order valence-electron chi connectivity index (χ3n) is 3.62. The highest BCUT2D eigenvalue weighted by molar-refractivity contribution is 5.60. The highest BCUT2D eigenvalue weighted by Gasteiger charge is 2.20. The number of nitrogens with one attached hydrogen (secondary N) is 1.